The van der Waals surface area contributed by atoms with Gasteiger partial charge in [-0.15, -0.1) is 11.6 Å². The monoisotopic (exact) mass is 279 g/mol. The van der Waals surface area contributed by atoms with Gasteiger partial charge < -0.3 is 4.90 Å². The Morgan fingerprint density at radius 1 is 1.16 bits per heavy atom. The first-order chi connectivity index (χ1) is 9.31. The van der Waals surface area contributed by atoms with Gasteiger partial charge >= 0.3 is 0 Å². The van der Waals surface area contributed by atoms with Crippen molar-refractivity contribution in [3.63, 3.8) is 0 Å². The van der Waals surface area contributed by atoms with Crippen LogP contribution in [0.3, 0.4) is 0 Å². The molecule has 0 unspecified atom stereocenters. The predicted octanol–water partition coefficient (Wildman–Crippen LogP) is 3.83. The Hall–Kier alpha value is -1.02. The number of nitrogens with zero attached hydrogens (tertiary/aromatic N) is 1. The van der Waals surface area contributed by atoms with Gasteiger partial charge in [0, 0.05) is 24.9 Å². The quantitative estimate of drug-likeness (QED) is 0.750. The molecule has 1 saturated carbocycles. The van der Waals surface area contributed by atoms with Crippen LogP contribution in [0.4, 0.5) is 0 Å². The van der Waals surface area contributed by atoms with Crippen LogP contribution in [0, 0.1) is 5.92 Å². The summed E-state index contributed by atoms with van der Waals surface area (Å²) in [7, 11) is 0. The van der Waals surface area contributed by atoms with E-state index in [-0.39, 0.29) is 5.92 Å². The van der Waals surface area contributed by atoms with E-state index in [2.05, 4.69) is 12.1 Å². The second-order valence-electron chi connectivity index (χ2n) is 5.27. The van der Waals surface area contributed by atoms with E-state index in [9.17, 15) is 4.79 Å². The number of halogens is 1. The first-order valence-electron chi connectivity index (χ1n) is 7.20. The van der Waals surface area contributed by atoms with Crippen LogP contribution in [-0.4, -0.2) is 23.2 Å². The summed E-state index contributed by atoms with van der Waals surface area (Å²) >= 11 is 5.85. The molecule has 1 aliphatic carbocycles. The molecule has 19 heavy (non-hydrogen) atoms. The zero-order valence-electron chi connectivity index (χ0n) is 11.4. The van der Waals surface area contributed by atoms with Crippen molar-refractivity contribution in [2.24, 2.45) is 5.92 Å². The van der Waals surface area contributed by atoms with Crippen molar-refractivity contribution < 1.29 is 4.79 Å². The van der Waals surface area contributed by atoms with Gasteiger partial charge in [0.05, 0.1) is 0 Å². The maximum Gasteiger partial charge on any atom is 0.226 e. The van der Waals surface area contributed by atoms with Crippen molar-refractivity contribution in [3.05, 3.63) is 35.9 Å². The summed E-state index contributed by atoms with van der Waals surface area (Å²) in [5, 5.41) is 0. The Balaban J connectivity index is 2.00. The molecule has 0 N–H and O–H groups in total. The summed E-state index contributed by atoms with van der Waals surface area (Å²) in [5.74, 6) is 1.02. The summed E-state index contributed by atoms with van der Waals surface area (Å²) in [6.45, 7) is 1.33. The van der Waals surface area contributed by atoms with Crippen LogP contribution in [0.25, 0.3) is 0 Å². The third-order valence-corrected chi connectivity index (χ3v) is 4.01. The highest BCUT2D eigenvalue weighted by Gasteiger charge is 2.25. The number of carbonyl (C=O) groups excluding carboxylic acids is 1. The Labute approximate surface area is 120 Å². The molecular formula is C16H22ClNO. The number of amides is 1. The lowest BCUT2D eigenvalue weighted by atomic mass is 9.88. The van der Waals surface area contributed by atoms with Gasteiger partial charge in [-0.1, -0.05) is 49.6 Å². The van der Waals surface area contributed by atoms with E-state index >= 15 is 0 Å². The number of alkyl halides is 1. The molecule has 1 aliphatic rings. The molecule has 0 heterocycles. The van der Waals surface area contributed by atoms with Gasteiger partial charge in [0.2, 0.25) is 5.91 Å². The van der Waals surface area contributed by atoms with Gasteiger partial charge in [-0.3, -0.25) is 4.79 Å². The van der Waals surface area contributed by atoms with Crippen LogP contribution >= 0.6 is 11.6 Å². The summed E-state index contributed by atoms with van der Waals surface area (Å²) in [5.41, 5.74) is 1.18. The van der Waals surface area contributed by atoms with Crippen LogP contribution in [0.2, 0.25) is 0 Å². The highest BCUT2D eigenvalue weighted by molar-refractivity contribution is 6.18. The van der Waals surface area contributed by atoms with E-state index in [0.717, 1.165) is 12.8 Å². The molecule has 1 aromatic carbocycles. The van der Waals surface area contributed by atoms with E-state index < -0.39 is 0 Å². The lowest BCUT2D eigenvalue weighted by Gasteiger charge is -2.29. The first kappa shape index (κ1) is 14.4. The summed E-state index contributed by atoms with van der Waals surface area (Å²) in [6.07, 6.45) is 5.75. The molecule has 0 spiro atoms. The average molecular weight is 280 g/mol. The molecule has 1 amide bonds. The van der Waals surface area contributed by atoms with Crippen LogP contribution in [0.15, 0.2) is 30.3 Å². The Morgan fingerprint density at radius 3 is 2.47 bits per heavy atom. The van der Waals surface area contributed by atoms with Gasteiger partial charge in [0.25, 0.3) is 0 Å². The highest BCUT2D eigenvalue weighted by atomic mass is 35.5. The third kappa shape index (κ3) is 4.24. The molecule has 0 atom stereocenters. The highest BCUT2D eigenvalue weighted by Crippen LogP contribution is 2.26. The molecule has 0 saturated heterocycles. The molecule has 1 aromatic rings. The molecule has 3 heteroatoms. The zero-order valence-corrected chi connectivity index (χ0v) is 12.1. The molecule has 0 bridgehead atoms. The van der Waals surface area contributed by atoms with Crippen molar-refractivity contribution in [2.45, 2.75) is 38.6 Å². The maximum absolute atomic E-state index is 12.6. The van der Waals surface area contributed by atoms with Crippen LogP contribution in [0.5, 0.6) is 0 Å². The smallest absolute Gasteiger partial charge is 0.226 e. The summed E-state index contributed by atoms with van der Waals surface area (Å²) in [4.78, 5) is 14.5. The molecule has 2 nitrogen and oxygen atoms in total. The third-order valence-electron chi connectivity index (χ3n) is 3.84. The molecule has 0 aromatic heterocycles. The molecule has 104 valence electrons. The van der Waals surface area contributed by atoms with E-state index in [1.807, 2.05) is 23.1 Å². The molecule has 1 fully saturated rings. The van der Waals surface area contributed by atoms with E-state index in [4.69, 9.17) is 11.6 Å². The van der Waals surface area contributed by atoms with Crippen molar-refractivity contribution in [1.29, 1.82) is 0 Å². The molecular weight excluding hydrogens is 258 g/mol. The van der Waals surface area contributed by atoms with Gasteiger partial charge in [0.1, 0.15) is 0 Å². The zero-order chi connectivity index (χ0) is 13.5. The predicted molar refractivity (Wildman–Crippen MR) is 79.2 cm³/mol. The van der Waals surface area contributed by atoms with Crippen molar-refractivity contribution in [1.82, 2.24) is 4.90 Å². The SMILES string of the molecule is O=C(C1CCCCC1)N(CCCl)Cc1ccccc1. The summed E-state index contributed by atoms with van der Waals surface area (Å²) < 4.78 is 0. The second-order valence-corrected chi connectivity index (χ2v) is 5.65. The number of hydrogen-bond acceptors (Lipinski definition) is 1. The van der Waals surface area contributed by atoms with Gasteiger partial charge in [-0.2, -0.15) is 0 Å². The molecule has 0 radical (unpaired) electrons. The number of carbonyl (C=O) groups is 1. The minimum Gasteiger partial charge on any atom is -0.337 e. The minimum absolute atomic E-state index is 0.223. The van der Waals surface area contributed by atoms with Crippen LogP contribution in [-0.2, 0) is 11.3 Å². The fourth-order valence-electron chi connectivity index (χ4n) is 2.78. The Bertz CT molecular complexity index is 387. The number of hydrogen-bond donors (Lipinski definition) is 0. The van der Waals surface area contributed by atoms with Crippen molar-refractivity contribution in [2.75, 3.05) is 12.4 Å². The Kier molecular flexibility index (Phi) is 5.71. The van der Waals surface area contributed by atoms with Crippen LogP contribution in [0.1, 0.15) is 37.7 Å². The van der Waals surface area contributed by atoms with Crippen molar-refractivity contribution in [3.8, 4) is 0 Å². The van der Waals surface area contributed by atoms with E-state index in [1.165, 1.54) is 24.8 Å². The van der Waals surface area contributed by atoms with Gasteiger partial charge in [0.15, 0.2) is 0 Å². The minimum atomic E-state index is 0.223. The largest absolute Gasteiger partial charge is 0.337 e. The Morgan fingerprint density at radius 2 is 1.84 bits per heavy atom. The lowest BCUT2D eigenvalue weighted by Crippen LogP contribution is -2.37. The summed E-state index contributed by atoms with van der Waals surface area (Å²) in [6, 6.07) is 10.2. The van der Waals surface area contributed by atoms with E-state index in [0.29, 0.717) is 24.9 Å². The fraction of sp³-hybridized carbons (Fsp3) is 0.562. The van der Waals surface area contributed by atoms with Gasteiger partial charge in [-0.25, -0.2) is 0 Å². The second kappa shape index (κ2) is 7.54. The van der Waals surface area contributed by atoms with Crippen molar-refractivity contribution >= 4 is 17.5 Å². The van der Waals surface area contributed by atoms with Crippen LogP contribution < -0.4 is 0 Å². The molecule has 0 aliphatic heterocycles. The number of benzene rings is 1. The normalized spacial score (nSPS) is 16.3. The first-order valence-corrected chi connectivity index (χ1v) is 7.73. The molecule has 2 rings (SSSR count). The topological polar surface area (TPSA) is 20.3 Å². The lowest BCUT2D eigenvalue weighted by molar-refractivity contribution is -0.136. The van der Waals surface area contributed by atoms with Gasteiger partial charge in [-0.05, 0) is 18.4 Å². The average Bonchev–Trinajstić information content (AvgIpc) is 2.48. The fourth-order valence-corrected chi connectivity index (χ4v) is 2.98. The van der Waals surface area contributed by atoms with E-state index in [1.54, 1.807) is 0 Å². The maximum atomic E-state index is 12.6. The standard InChI is InChI=1S/C16H22ClNO/c17-11-12-18(13-14-7-3-1-4-8-14)16(19)15-9-5-2-6-10-15/h1,3-4,7-8,15H,2,5-6,9-13H2. The number of rotatable bonds is 5.